The molecular weight excluding hydrogens is 292 g/mol. The molecule has 0 bridgehead atoms. The molecule has 1 saturated heterocycles. The molecule has 20 heavy (non-hydrogen) atoms. The van der Waals surface area contributed by atoms with Gasteiger partial charge in [0.15, 0.2) is 6.61 Å². The van der Waals surface area contributed by atoms with E-state index in [0.29, 0.717) is 11.3 Å². The van der Waals surface area contributed by atoms with Crippen LogP contribution in [0, 0.1) is 13.8 Å². The van der Waals surface area contributed by atoms with Gasteiger partial charge in [-0.2, -0.15) is 0 Å². The van der Waals surface area contributed by atoms with Crippen LogP contribution in [0.4, 0.5) is 13.6 Å². The number of carbonyl (C=O) groups excluding carboxylic acids is 1. The summed E-state index contributed by atoms with van der Waals surface area (Å²) in [5.41, 5.74) is 1.83. The van der Waals surface area contributed by atoms with Crippen LogP contribution in [0.25, 0.3) is 0 Å². The molecule has 4 nitrogen and oxygen atoms in total. The number of alkyl carbamates (subject to hydrolysis) is 1. The van der Waals surface area contributed by atoms with E-state index >= 15 is 0 Å². The summed E-state index contributed by atoms with van der Waals surface area (Å²) < 4.78 is 37.1. The summed E-state index contributed by atoms with van der Waals surface area (Å²) in [4.78, 5) is 11.1. The van der Waals surface area contributed by atoms with Gasteiger partial charge in [0, 0.05) is 0 Å². The van der Waals surface area contributed by atoms with Crippen molar-refractivity contribution in [2.24, 2.45) is 0 Å². The summed E-state index contributed by atoms with van der Waals surface area (Å²) in [7, 11) is 1.53. The fraction of sp³-hybridized carbons (Fsp3) is 0.462. The maximum Gasteiger partial charge on any atom is 0.408 e. The van der Waals surface area contributed by atoms with Crippen molar-refractivity contribution in [1.82, 2.24) is 5.32 Å². The molecule has 1 atom stereocenters. The van der Waals surface area contributed by atoms with Crippen LogP contribution < -0.4 is 10.1 Å². The van der Waals surface area contributed by atoms with Gasteiger partial charge in [-0.15, -0.1) is 12.4 Å². The van der Waals surface area contributed by atoms with Crippen molar-refractivity contribution < 1.29 is 23.0 Å². The number of hydrogen-bond acceptors (Lipinski definition) is 3. The Morgan fingerprint density at radius 1 is 1.35 bits per heavy atom. The second-order valence-electron chi connectivity index (χ2n) is 4.60. The number of hydrogen-bond donors (Lipinski definition) is 1. The summed E-state index contributed by atoms with van der Waals surface area (Å²) in [5.74, 6) is -2.48. The van der Waals surface area contributed by atoms with Crippen LogP contribution >= 0.6 is 12.4 Å². The fourth-order valence-electron chi connectivity index (χ4n) is 2.31. The number of benzene rings is 1. The number of nitrogens with one attached hydrogen (secondary N) is 1. The topological polar surface area (TPSA) is 47.6 Å². The number of methoxy groups -OCH3 is 1. The van der Waals surface area contributed by atoms with Gasteiger partial charge in [0.05, 0.1) is 7.11 Å². The predicted molar refractivity (Wildman–Crippen MR) is 71.9 cm³/mol. The van der Waals surface area contributed by atoms with E-state index < -0.39 is 24.7 Å². The second-order valence-corrected chi connectivity index (χ2v) is 4.60. The highest BCUT2D eigenvalue weighted by Gasteiger charge is 2.46. The Morgan fingerprint density at radius 2 is 1.90 bits per heavy atom. The van der Waals surface area contributed by atoms with Crippen molar-refractivity contribution in [3.63, 3.8) is 0 Å². The summed E-state index contributed by atoms with van der Waals surface area (Å²) in [6.07, 6.45) is -0.831. The van der Waals surface area contributed by atoms with Gasteiger partial charge >= 0.3 is 12.0 Å². The Labute approximate surface area is 121 Å². The van der Waals surface area contributed by atoms with Crippen LogP contribution in [0.2, 0.25) is 0 Å². The number of alkyl halides is 2. The number of ether oxygens (including phenoxy) is 2. The van der Waals surface area contributed by atoms with E-state index in [1.165, 1.54) is 7.11 Å². The van der Waals surface area contributed by atoms with Crippen LogP contribution in [0.3, 0.4) is 0 Å². The van der Waals surface area contributed by atoms with Crippen LogP contribution in [0.5, 0.6) is 5.75 Å². The number of amides is 1. The van der Waals surface area contributed by atoms with E-state index in [9.17, 15) is 13.6 Å². The Bertz CT molecular complexity index is 499. The third kappa shape index (κ3) is 2.95. The molecule has 1 aliphatic heterocycles. The lowest BCUT2D eigenvalue weighted by Crippen LogP contribution is -2.49. The first-order valence-corrected chi connectivity index (χ1v) is 5.81. The first-order chi connectivity index (χ1) is 8.85. The molecule has 0 spiro atoms. The number of cyclic esters (lactones) is 1. The second kappa shape index (κ2) is 5.83. The largest absolute Gasteiger partial charge is 0.496 e. The van der Waals surface area contributed by atoms with Crippen molar-refractivity contribution in [3.8, 4) is 5.75 Å². The SMILES string of the molecule is COc1c(C)cc([C@H]2NC(=O)OCC2(F)F)cc1C.Cl. The molecule has 1 amide bonds. The third-order valence-electron chi connectivity index (χ3n) is 3.10. The van der Waals surface area contributed by atoms with E-state index in [1.54, 1.807) is 26.0 Å². The maximum atomic E-state index is 13.8. The maximum absolute atomic E-state index is 13.8. The van der Waals surface area contributed by atoms with E-state index in [2.05, 4.69) is 10.1 Å². The van der Waals surface area contributed by atoms with Gasteiger partial charge in [-0.05, 0) is 30.5 Å². The lowest BCUT2D eigenvalue weighted by Gasteiger charge is -2.32. The Balaban J connectivity index is 0.00000200. The summed E-state index contributed by atoms with van der Waals surface area (Å²) >= 11 is 0. The van der Waals surface area contributed by atoms with E-state index in [4.69, 9.17) is 4.74 Å². The first kappa shape index (κ1) is 16.5. The average Bonchev–Trinajstić information content (AvgIpc) is 2.32. The van der Waals surface area contributed by atoms with Crippen LogP contribution in [0.1, 0.15) is 22.7 Å². The van der Waals surface area contributed by atoms with E-state index in [1.807, 2.05) is 0 Å². The number of aryl methyl sites for hydroxylation is 2. The Hall–Kier alpha value is -1.56. The lowest BCUT2D eigenvalue weighted by atomic mass is 9.96. The zero-order valence-corrected chi connectivity index (χ0v) is 12.1. The van der Waals surface area contributed by atoms with E-state index in [-0.39, 0.29) is 12.4 Å². The molecular formula is C13H16ClF2NO3. The molecule has 2 rings (SSSR count). The smallest absolute Gasteiger partial charge is 0.408 e. The van der Waals surface area contributed by atoms with Gasteiger partial charge in [0.2, 0.25) is 0 Å². The van der Waals surface area contributed by atoms with Gasteiger partial charge in [-0.3, -0.25) is 0 Å². The molecule has 7 heteroatoms. The molecule has 1 fully saturated rings. The molecule has 0 aromatic heterocycles. The van der Waals surface area contributed by atoms with Gasteiger partial charge in [-0.1, -0.05) is 12.1 Å². The number of halogens is 3. The molecule has 1 aliphatic rings. The number of rotatable bonds is 2. The molecule has 1 N–H and O–H groups in total. The van der Waals surface area contributed by atoms with E-state index in [0.717, 1.165) is 11.1 Å². The van der Waals surface area contributed by atoms with Gasteiger partial charge < -0.3 is 14.8 Å². The van der Waals surface area contributed by atoms with Gasteiger partial charge in [-0.25, -0.2) is 13.6 Å². The highest BCUT2D eigenvalue weighted by Crippen LogP contribution is 2.37. The molecule has 1 aromatic carbocycles. The zero-order valence-electron chi connectivity index (χ0n) is 11.3. The summed E-state index contributed by atoms with van der Waals surface area (Å²) in [5, 5.41) is 2.16. The Kier molecular flexibility index (Phi) is 4.81. The minimum atomic E-state index is -3.14. The molecule has 0 radical (unpaired) electrons. The van der Waals surface area contributed by atoms with Crippen molar-refractivity contribution in [3.05, 3.63) is 28.8 Å². The third-order valence-corrected chi connectivity index (χ3v) is 3.10. The molecule has 0 saturated carbocycles. The molecule has 1 aromatic rings. The fourth-order valence-corrected chi connectivity index (χ4v) is 2.31. The molecule has 1 heterocycles. The quantitative estimate of drug-likeness (QED) is 0.913. The van der Waals surface area contributed by atoms with Crippen LogP contribution in [-0.4, -0.2) is 25.7 Å². The van der Waals surface area contributed by atoms with Crippen LogP contribution in [0.15, 0.2) is 12.1 Å². The minimum Gasteiger partial charge on any atom is -0.496 e. The van der Waals surface area contributed by atoms with Crippen molar-refractivity contribution in [2.45, 2.75) is 25.8 Å². The van der Waals surface area contributed by atoms with Crippen molar-refractivity contribution in [1.29, 1.82) is 0 Å². The van der Waals surface area contributed by atoms with Gasteiger partial charge in [0.25, 0.3) is 0 Å². The Morgan fingerprint density at radius 3 is 2.40 bits per heavy atom. The molecule has 0 unspecified atom stereocenters. The van der Waals surface area contributed by atoms with Gasteiger partial charge in [0.1, 0.15) is 11.8 Å². The van der Waals surface area contributed by atoms with Crippen LogP contribution in [-0.2, 0) is 4.74 Å². The van der Waals surface area contributed by atoms with Crippen molar-refractivity contribution >= 4 is 18.5 Å². The molecule has 0 aliphatic carbocycles. The summed E-state index contributed by atoms with van der Waals surface area (Å²) in [6.45, 7) is 2.64. The number of carbonyl (C=O) groups is 1. The zero-order chi connectivity index (χ0) is 14.2. The average molecular weight is 308 g/mol. The summed E-state index contributed by atoms with van der Waals surface area (Å²) in [6, 6.07) is 1.81. The normalized spacial score (nSPS) is 20.4. The molecule has 112 valence electrons. The van der Waals surface area contributed by atoms with Crippen molar-refractivity contribution in [2.75, 3.05) is 13.7 Å². The lowest BCUT2D eigenvalue weighted by molar-refractivity contribution is -0.104. The minimum absolute atomic E-state index is 0. The monoisotopic (exact) mass is 307 g/mol. The highest BCUT2D eigenvalue weighted by molar-refractivity contribution is 5.85. The first-order valence-electron chi connectivity index (χ1n) is 5.81. The standard InChI is InChI=1S/C13H15F2NO3.ClH/c1-7-4-9(5-8(2)10(7)18-3)11-13(14,15)6-19-12(17)16-11;/h4-5,11H,6H2,1-3H3,(H,16,17);1H/t11-;/m1./s1. The predicted octanol–water partition coefficient (Wildman–Crippen LogP) is 3.15. The highest BCUT2D eigenvalue weighted by atomic mass is 35.5.